The van der Waals surface area contributed by atoms with Crippen LogP contribution in [0.1, 0.15) is 26.2 Å². The van der Waals surface area contributed by atoms with Crippen LogP contribution >= 0.6 is 0 Å². The van der Waals surface area contributed by atoms with Crippen molar-refractivity contribution in [2.75, 3.05) is 0 Å². The van der Waals surface area contributed by atoms with Gasteiger partial charge in [-0.2, -0.15) is 0 Å². The van der Waals surface area contributed by atoms with Gasteiger partial charge in [0.05, 0.1) is 0 Å². The Kier molecular flexibility index (Phi) is 1.91. The molecule has 9 heavy (non-hydrogen) atoms. The van der Waals surface area contributed by atoms with Crippen LogP contribution in [0, 0.1) is 5.92 Å². The minimum atomic E-state index is 0.262. The van der Waals surface area contributed by atoms with E-state index in [0.717, 1.165) is 17.9 Å². The van der Waals surface area contributed by atoms with Gasteiger partial charge in [-0.05, 0) is 19.3 Å². The molecule has 0 bridgehead atoms. The van der Waals surface area contributed by atoms with Crippen molar-refractivity contribution in [3.63, 3.8) is 0 Å². The van der Waals surface area contributed by atoms with Crippen molar-refractivity contribution in [3.05, 3.63) is 12.2 Å². The summed E-state index contributed by atoms with van der Waals surface area (Å²) in [7, 11) is 0. The second-order valence-corrected chi connectivity index (χ2v) is 3.13. The van der Waals surface area contributed by atoms with Crippen LogP contribution in [-0.4, -0.2) is 6.04 Å². The summed E-state index contributed by atoms with van der Waals surface area (Å²) in [4.78, 5) is 0. The van der Waals surface area contributed by atoms with Crippen LogP contribution in [0.15, 0.2) is 12.2 Å². The van der Waals surface area contributed by atoms with Gasteiger partial charge in [-0.1, -0.05) is 25.0 Å². The summed E-state index contributed by atoms with van der Waals surface area (Å²) in [6.07, 6.45) is 3.94. The quantitative estimate of drug-likeness (QED) is 0.571. The highest BCUT2D eigenvalue weighted by atomic mass is 14.6. The minimum absolute atomic E-state index is 0.262. The van der Waals surface area contributed by atoms with Gasteiger partial charge in [-0.25, -0.2) is 0 Å². The third-order valence-electron chi connectivity index (χ3n) is 1.92. The van der Waals surface area contributed by atoms with E-state index >= 15 is 0 Å². The van der Waals surface area contributed by atoms with Crippen LogP contribution in [0.2, 0.25) is 0 Å². The lowest BCUT2D eigenvalue weighted by Crippen LogP contribution is -2.21. The van der Waals surface area contributed by atoms with Crippen molar-refractivity contribution in [2.24, 2.45) is 11.7 Å². The maximum atomic E-state index is 5.76. The Morgan fingerprint density at radius 1 is 1.78 bits per heavy atom. The highest BCUT2D eigenvalue weighted by Crippen LogP contribution is 2.33. The average Bonchev–Trinajstić information content (AvgIpc) is 2.50. The third kappa shape index (κ3) is 2.19. The molecule has 1 atom stereocenters. The molecule has 1 aliphatic rings. The van der Waals surface area contributed by atoms with Crippen molar-refractivity contribution in [1.29, 1.82) is 0 Å². The zero-order valence-corrected chi connectivity index (χ0v) is 6.06. The molecular formula is C8H15N. The zero-order chi connectivity index (χ0) is 6.85. The largest absolute Gasteiger partial charge is 0.324 e. The topological polar surface area (TPSA) is 26.0 Å². The molecular weight excluding hydrogens is 110 g/mol. The molecule has 0 aromatic rings. The molecule has 0 aromatic carbocycles. The van der Waals surface area contributed by atoms with Gasteiger partial charge in [0.15, 0.2) is 0 Å². The lowest BCUT2D eigenvalue weighted by Gasteiger charge is -2.08. The first-order chi connectivity index (χ1) is 4.20. The second-order valence-electron chi connectivity index (χ2n) is 3.13. The molecule has 1 unspecified atom stereocenters. The van der Waals surface area contributed by atoms with E-state index in [1.54, 1.807) is 0 Å². The van der Waals surface area contributed by atoms with Gasteiger partial charge in [-0.3, -0.25) is 0 Å². The van der Waals surface area contributed by atoms with Crippen LogP contribution in [0.5, 0.6) is 0 Å². The number of nitrogens with two attached hydrogens (primary N) is 1. The summed E-state index contributed by atoms with van der Waals surface area (Å²) < 4.78 is 0. The number of hydrogen-bond acceptors (Lipinski definition) is 1. The third-order valence-corrected chi connectivity index (χ3v) is 1.92. The SMILES string of the molecule is C=C(C)C(N)CC1CC1. The maximum Gasteiger partial charge on any atom is 0.0250 e. The van der Waals surface area contributed by atoms with E-state index in [0.29, 0.717) is 0 Å². The van der Waals surface area contributed by atoms with Gasteiger partial charge in [0.2, 0.25) is 0 Å². The molecule has 1 heteroatoms. The highest BCUT2D eigenvalue weighted by Gasteiger charge is 2.23. The molecule has 0 aromatic heterocycles. The zero-order valence-electron chi connectivity index (χ0n) is 6.06. The lowest BCUT2D eigenvalue weighted by atomic mass is 10.1. The highest BCUT2D eigenvalue weighted by molar-refractivity contribution is 5.01. The van der Waals surface area contributed by atoms with Crippen LogP contribution in [0.4, 0.5) is 0 Å². The van der Waals surface area contributed by atoms with E-state index in [-0.39, 0.29) is 6.04 Å². The number of hydrogen-bond donors (Lipinski definition) is 1. The molecule has 52 valence electrons. The Hall–Kier alpha value is -0.300. The summed E-state index contributed by atoms with van der Waals surface area (Å²) in [5, 5.41) is 0. The summed E-state index contributed by atoms with van der Waals surface area (Å²) in [6, 6.07) is 0.262. The fourth-order valence-electron chi connectivity index (χ4n) is 0.914. The summed E-state index contributed by atoms with van der Waals surface area (Å²) in [5.41, 5.74) is 6.88. The standard InChI is InChI=1S/C8H15N/c1-6(2)8(9)5-7-3-4-7/h7-8H,1,3-5,9H2,2H3. The Morgan fingerprint density at radius 2 is 2.33 bits per heavy atom. The molecule has 0 saturated heterocycles. The molecule has 1 aliphatic carbocycles. The van der Waals surface area contributed by atoms with Gasteiger partial charge < -0.3 is 5.73 Å². The lowest BCUT2D eigenvalue weighted by molar-refractivity contribution is 0.630. The predicted octanol–water partition coefficient (Wildman–Crippen LogP) is 1.69. The Labute approximate surface area is 56.9 Å². The molecule has 1 nitrogen and oxygen atoms in total. The van der Waals surface area contributed by atoms with Crippen molar-refractivity contribution in [1.82, 2.24) is 0 Å². The second kappa shape index (κ2) is 2.53. The van der Waals surface area contributed by atoms with Crippen molar-refractivity contribution < 1.29 is 0 Å². The molecule has 1 fully saturated rings. The molecule has 0 heterocycles. The average molecular weight is 125 g/mol. The summed E-state index contributed by atoms with van der Waals surface area (Å²) in [5.74, 6) is 0.927. The maximum absolute atomic E-state index is 5.76. The monoisotopic (exact) mass is 125 g/mol. The Morgan fingerprint density at radius 3 is 2.67 bits per heavy atom. The first-order valence-corrected chi connectivity index (χ1v) is 3.61. The van der Waals surface area contributed by atoms with Gasteiger partial charge in [-0.15, -0.1) is 0 Å². The normalized spacial score (nSPS) is 21.6. The number of rotatable bonds is 3. The summed E-state index contributed by atoms with van der Waals surface area (Å²) in [6.45, 7) is 5.82. The van der Waals surface area contributed by atoms with Gasteiger partial charge in [0.1, 0.15) is 0 Å². The van der Waals surface area contributed by atoms with E-state index in [4.69, 9.17) is 5.73 Å². The minimum Gasteiger partial charge on any atom is -0.324 e. The van der Waals surface area contributed by atoms with E-state index in [9.17, 15) is 0 Å². The van der Waals surface area contributed by atoms with Crippen LogP contribution in [0.25, 0.3) is 0 Å². The van der Waals surface area contributed by atoms with Crippen molar-refractivity contribution in [2.45, 2.75) is 32.2 Å². The van der Waals surface area contributed by atoms with Gasteiger partial charge >= 0.3 is 0 Å². The van der Waals surface area contributed by atoms with Gasteiger partial charge in [0.25, 0.3) is 0 Å². The van der Waals surface area contributed by atoms with E-state index < -0.39 is 0 Å². The Balaban J connectivity index is 2.16. The van der Waals surface area contributed by atoms with Crippen molar-refractivity contribution >= 4 is 0 Å². The molecule has 2 N–H and O–H groups in total. The van der Waals surface area contributed by atoms with Crippen LogP contribution in [0.3, 0.4) is 0 Å². The molecule has 0 amide bonds. The first-order valence-electron chi connectivity index (χ1n) is 3.61. The molecule has 1 rings (SSSR count). The fraction of sp³-hybridized carbons (Fsp3) is 0.750. The van der Waals surface area contributed by atoms with Crippen LogP contribution < -0.4 is 5.73 Å². The van der Waals surface area contributed by atoms with E-state index in [1.807, 2.05) is 6.92 Å². The molecule has 0 spiro atoms. The smallest absolute Gasteiger partial charge is 0.0250 e. The molecule has 0 aliphatic heterocycles. The van der Waals surface area contributed by atoms with E-state index in [1.165, 1.54) is 12.8 Å². The van der Waals surface area contributed by atoms with Gasteiger partial charge in [0, 0.05) is 6.04 Å². The fourth-order valence-corrected chi connectivity index (χ4v) is 0.914. The van der Waals surface area contributed by atoms with Crippen molar-refractivity contribution in [3.8, 4) is 0 Å². The van der Waals surface area contributed by atoms with Crippen LogP contribution in [-0.2, 0) is 0 Å². The summed E-state index contributed by atoms with van der Waals surface area (Å²) >= 11 is 0. The molecule has 0 radical (unpaired) electrons. The van der Waals surface area contributed by atoms with E-state index in [2.05, 4.69) is 6.58 Å². The molecule has 1 saturated carbocycles. The predicted molar refractivity (Wildman–Crippen MR) is 40.1 cm³/mol. The Bertz CT molecular complexity index is 114. The first kappa shape index (κ1) is 6.81.